The van der Waals surface area contributed by atoms with Gasteiger partial charge in [-0.05, 0) is 28.1 Å². The molecule has 0 saturated heterocycles. The lowest BCUT2D eigenvalue weighted by Crippen LogP contribution is -2.21. The maximum Gasteiger partial charge on any atom is 0.296 e. The number of nitrogens with one attached hydrogen (secondary N) is 1. The summed E-state index contributed by atoms with van der Waals surface area (Å²) in [7, 11) is -3.78. The highest BCUT2D eigenvalue weighted by atomic mass is 79.9. The molecule has 0 amide bonds. The normalized spacial score (nSPS) is 11.6. The van der Waals surface area contributed by atoms with Crippen LogP contribution in [-0.4, -0.2) is 13.4 Å². The van der Waals surface area contributed by atoms with Crippen molar-refractivity contribution in [2.24, 2.45) is 5.14 Å². The molecule has 7 heteroatoms. The largest absolute Gasteiger partial charge is 0.296 e. The van der Waals surface area contributed by atoms with Crippen molar-refractivity contribution in [2.75, 3.05) is 4.72 Å². The molecule has 1 aromatic carbocycles. The van der Waals surface area contributed by atoms with Crippen molar-refractivity contribution in [1.29, 1.82) is 0 Å². The molecular formula is C9H8BrN3O2S. The number of nitrogens with zero attached hydrogens (tertiary/aromatic N) is 1. The average Bonchev–Trinajstić information content (AvgIpc) is 2.15. The fourth-order valence-corrected chi connectivity index (χ4v) is 2.19. The van der Waals surface area contributed by atoms with E-state index in [-0.39, 0.29) is 0 Å². The molecule has 2 rings (SSSR count). The summed E-state index contributed by atoms with van der Waals surface area (Å²) in [6, 6.07) is 7.01. The molecule has 2 aromatic rings. The van der Waals surface area contributed by atoms with Gasteiger partial charge in [-0.3, -0.25) is 9.71 Å². The quantitative estimate of drug-likeness (QED) is 0.884. The smallest absolute Gasteiger partial charge is 0.269 e. The fourth-order valence-electron chi connectivity index (χ4n) is 1.37. The Morgan fingerprint density at radius 3 is 2.81 bits per heavy atom. The Hall–Kier alpha value is -1.18. The van der Waals surface area contributed by atoms with E-state index in [9.17, 15) is 8.42 Å². The van der Waals surface area contributed by atoms with Crippen LogP contribution in [0.15, 0.2) is 34.9 Å². The number of para-hydroxylation sites is 1. The molecular weight excluding hydrogens is 294 g/mol. The summed E-state index contributed by atoms with van der Waals surface area (Å²) in [6.07, 6.45) is 1.59. The van der Waals surface area contributed by atoms with Crippen LogP contribution >= 0.6 is 15.9 Å². The first kappa shape index (κ1) is 11.3. The minimum absolute atomic E-state index is 0.368. The lowest BCUT2D eigenvalue weighted by Gasteiger charge is -2.06. The van der Waals surface area contributed by atoms with Crippen LogP contribution in [0, 0.1) is 0 Å². The van der Waals surface area contributed by atoms with E-state index in [0.717, 1.165) is 9.86 Å². The van der Waals surface area contributed by atoms with Crippen molar-refractivity contribution in [2.45, 2.75) is 0 Å². The first-order valence-electron chi connectivity index (χ1n) is 4.30. The van der Waals surface area contributed by atoms with Gasteiger partial charge in [0.2, 0.25) is 0 Å². The number of aromatic nitrogens is 1. The molecule has 1 aromatic heterocycles. The van der Waals surface area contributed by atoms with Crippen LogP contribution in [0.25, 0.3) is 10.9 Å². The molecule has 0 unspecified atom stereocenters. The van der Waals surface area contributed by atoms with Gasteiger partial charge in [0.1, 0.15) is 0 Å². The van der Waals surface area contributed by atoms with Crippen LogP contribution in [0.2, 0.25) is 0 Å². The molecule has 0 atom stereocenters. The lowest BCUT2D eigenvalue weighted by atomic mass is 10.2. The number of hydrogen-bond donors (Lipinski definition) is 2. The van der Waals surface area contributed by atoms with E-state index in [2.05, 4.69) is 25.6 Å². The number of nitrogens with two attached hydrogens (primary N) is 1. The minimum Gasteiger partial charge on any atom is -0.269 e. The number of pyridine rings is 1. The van der Waals surface area contributed by atoms with E-state index < -0.39 is 10.2 Å². The van der Waals surface area contributed by atoms with Crippen molar-refractivity contribution in [1.82, 2.24) is 4.98 Å². The zero-order valence-electron chi connectivity index (χ0n) is 8.01. The van der Waals surface area contributed by atoms with Gasteiger partial charge in [0.25, 0.3) is 10.2 Å². The molecule has 0 fully saturated rings. The molecule has 0 bridgehead atoms. The van der Waals surface area contributed by atoms with E-state index in [4.69, 9.17) is 5.14 Å². The highest BCUT2D eigenvalue weighted by molar-refractivity contribution is 9.10. The maximum atomic E-state index is 10.9. The zero-order chi connectivity index (χ0) is 11.8. The number of hydrogen-bond acceptors (Lipinski definition) is 3. The van der Waals surface area contributed by atoms with E-state index in [1.54, 1.807) is 18.3 Å². The second-order valence-corrected chi connectivity index (χ2v) is 5.39. The monoisotopic (exact) mass is 301 g/mol. The van der Waals surface area contributed by atoms with Gasteiger partial charge < -0.3 is 0 Å². The molecule has 0 aliphatic heterocycles. The summed E-state index contributed by atoms with van der Waals surface area (Å²) < 4.78 is 24.9. The molecule has 84 valence electrons. The first-order chi connectivity index (χ1) is 7.46. The SMILES string of the molecule is NS(=O)(=O)Nc1cccc2cc(Br)cnc12. The Balaban J connectivity index is 2.63. The highest BCUT2D eigenvalue weighted by Crippen LogP contribution is 2.24. The van der Waals surface area contributed by atoms with Crippen LogP contribution in [0.4, 0.5) is 5.69 Å². The first-order valence-corrected chi connectivity index (χ1v) is 6.64. The predicted molar refractivity (Wildman–Crippen MR) is 66.2 cm³/mol. The van der Waals surface area contributed by atoms with E-state index >= 15 is 0 Å². The van der Waals surface area contributed by atoms with E-state index in [1.165, 1.54) is 0 Å². The number of fused-ring (bicyclic) bond motifs is 1. The Labute approximate surface area is 101 Å². The molecule has 0 aliphatic rings. The lowest BCUT2D eigenvalue weighted by molar-refractivity contribution is 0.603. The summed E-state index contributed by atoms with van der Waals surface area (Å²) in [5.41, 5.74) is 0.923. The molecule has 0 aliphatic carbocycles. The van der Waals surface area contributed by atoms with Gasteiger partial charge in [0.05, 0.1) is 11.2 Å². The van der Waals surface area contributed by atoms with Crippen molar-refractivity contribution < 1.29 is 8.42 Å². The van der Waals surface area contributed by atoms with Gasteiger partial charge in [-0.1, -0.05) is 12.1 Å². The van der Waals surface area contributed by atoms with Crippen LogP contribution in [-0.2, 0) is 10.2 Å². The minimum atomic E-state index is -3.78. The van der Waals surface area contributed by atoms with Crippen LogP contribution in [0.1, 0.15) is 0 Å². The van der Waals surface area contributed by atoms with Crippen molar-refractivity contribution in [3.05, 3.63) is 34.9 Å². The second-order valence-electron chi connectivity index (χ2n) is 3.18. The Bertz CT molecular complexity index is 642. The third kappa shape index (κ3) is 2.49. The van der Waals surface area contributed by atoms with E-state index in [1.807, 2.05) is 12.1 Å². The third-order valence-corrected chi connectivity index (χ3v) is 2.87. The van der Waals surface area contributed by atoms with Gasteiger partial charge in [-0.15, -0.1) is 0 Å². The van der Waals surface area contributed by atoms with Crippen LogP contribution < -0.4 is 9.86 Å². The standard InChI is InChI=1S/C9H8BrN3O2S/c10-7-4-6-2-1-3-8(9(6)12-5-7)13-16(11,14)15/h1-5,13H,(H2,11,14,15). The number of benzene rings is 1. The Kier molecular flexibility index (Phi) is 2.83. The van der Waals surface area contributed by atoms with Crippen molar-refractivity contribution in [3.63, 3.8) is 0 Å². The van der Waals surface area contributed by atoms with E-state index in [0.29, 0.717) is 11.2 Å². The summed E-state index contributed by atoms with van der Waals surface area (Å²) in [5.74, 6) is 0. The Morgan fingerprint density at radius 2 is 2.12 bits per heavy atom. The summed E-state index contributed by atoms with van der Waals surface area (Å²) in [5, 5.41) is 5.73. The number of rotatable bonds is 2. The van der Waals surface area contributed by atoms with Crippen molar-refractivity contribution in [3.8, 4) is 0 Å². The number of halogens is 1. The Morgan fingerprint density at radius 1 is 1.38 bits per heavy atom. The molecule has 16 heavy (non-hydrogen) atoms. The second kappa shape index (κ2) is 4.00. The summed E-state index contributed by atoms with van der Waals surface area (Å²) in [4.78, 5) is 4.14. The average molecular weight is 302 g/mol. The summed E-state index contributed by atoms with van der Waals surface area (Å²) >= 11 is 3.29. The van der Waals surface area contributed by atoms with Crippen LogP contribution in [0.3, 0.4) is 0 Å². The topological polar surface area (TPSA) is 85.1 Å². The highest BCUT2D eigenvalue weighted by Gasteiger charge is 2.07. The van der Waals surface area contributed by atoms with Gasteiger partial charge in [0.15, 0.2) is 0 Å². The molecule has 0 saturated carbocycles. The molecule has 5 nitrogen and oxygen atoms in total. The number of anilines is 1. The van der Waals surface area contributed by atoms with Crippen molar-refractivity contribution >= 4 is 42.7 Å². The predicted octanol–water partition coefficient (Wildman–Crippen LogP) is 1.61. The third-order valence-electron chi connectivity index (χ3n) is 1.93. The van der Waals surface area contributed by atoms with Gasteiger partial charge in [-0.2, -0.15) is 8.42 Å². The fraction of sp³-hybridized carbons (Fsp3) is 0. The maximum absolute atomic E-state index is 10.9. The molecule has 1 heterocycles. The van der Waals surface area contributed by atoms with Gasteiger partial charge >= 0.3 is 0 Å². The van der Waals surface area contributed by atoms with Gasteiger partial charge in [-0.25, -0.2) is 5.14 Å². The zero-order valence-corrected chi connectivity index (χ0v) is 10.4. The van der Waals surface area contributed by atoms with Gasteiger partial charge in [0, 0.05) is 16.1 Å². The molecule has 0 radical (unpaired) electrons. The molecule has 0 spiro atoms. The van der Waals surface area contributed by atoms with Crippen LogP contribution in [0.5, 0.6) is 0 Å². The molecule has 3 N–H and O–H groups in total. The summed E-state index contributed by atoms with van der Waals surface area (Å²) in [6.45, 7) is 0.